The van der Waals surface area contributed by atoms with Crippen molar-refractivity contribution in [2.75, 3.05) is 6.61 Å². The van der Waals surface area contributed by atoms with Gasteiger partial charge in [0.05, 0.1) is 12.4 Å². The van der Waals surface area contributed by atoms with Gasteiger partial charge in [0.1, 0.15) is 0 Å². The van der Waals surface area contributed by atoms with Crippen LogP contribution >= 0.6 is 0 Å². The van der Waals surface area contributed by atoms with Crippen LogP contribution in [0.3, 0.4) is 0 Å². The van der Waals surface area contributed by atoms with E-state index in [0.29, 0.717) is 5.92 Å². The lowest BCUT2D eigenvalue weighted by Gasteiger charge is -2.33. The summed E-state index contributed by atoms with van der Waals surface area (Å²) in [5.74, 6) is 3.50. The third-order valence-corrected chi connectivity index (χ3v) is 5.39. The molecule has 114 valence electrons. The quantitative estimate of drug-likeness (QED) is 0.702. The molecule has 2 aliphatic rings. The molecule has 0 N–H and O–H groups in total. The molecule has 21 heavy (non-hydrogen) atoms. The largest absolute Gasteiger partial charge is 0.498 e. The van der Waals surface area contributed by atoms with Gasteiger partial charge in [0.25, 0.3) is 0 Å². The summed E-state index contributed by atoms with van der Waals surface area (Å²) in [6.45, 7) is 5.37. The Hall–Kier alpha value is -1.24. The van der Waals surface area contributed by atoms with E-state index < -0.39 is 0 Å². The fourth-order valence-electron chi connectivity index (χ4n) is 3.74. The minimum absolute atomic E-state index is 0.685. The van der Waals surface area contributed by atoms with Gasteiger partial charge in [-0.1, -0.05) is 36.8 Å². The van der Waals surface area contributed by atoms with Crippen molar-refractivity contribution >= 4 is 0 Å². The molecule has 1 atom stereocenters. The van der Waals surface area contributed by atoms with Crippen LogP contribution in [0, 0.1) is 18.8 Å². The van der Waals surface area contributed by atoms with E-state index in [1.165, 1.54) is 55.4 Å². The maximum atomic E-state index is 6.04. The van der Waals surface area contributed by atoms with Crippen LogP contribution in [0.2, 0.25) is 0 Å². The number of benzene rings is 1. The molecule has 0 spiro atoms. The van der Waals surface area contributed by atoms with E-state index in [1.807, 2.05) is 0 Å². The molecule has 0 radical (unpaired) electrons. The Morgan fingerprint density at radius 1 is 1.00 bits per heavy atom. The van der Waals surface area contributed by atoms with Crippen LogP contribution in [0.15, 0.2) is 36.1 Å². The van der Waals surface area contributed by atoms with Gasteiger partial charge in [-0.05, 0) is 68.9 Å². The summed E-state index contributed by atoms with van der Waals surface area (Å²) < 4.78 is 6.04. The van der Waals surface area contributed by atoms with Crippen LogP contribution in [0.1, 0.15) is 62.5 Å². The Morgan fingerprint density at radius 3 is 2.24 bits per heavy atom. The lowest BCUT2D eigenvalue weighted by Crippen LogP contribution is -2.21. The summed E-state index contributed by atoms with van der Waals surface area (Å²) in [6.07, 6.45) is 10.1. The Kier molecular flexibility index (Phi) is 4.67. The third kappa shape index (κ3) is 3.51. The molecule has 1 unspecified atom stereocenters. The average Bonchev–Trinajstić information content (AvgIpc) is 2.56. The molecule has 0 aromatic heterocycles. The topological polar surface area (TPSA) is 9.23 Å². The summed E-state index contributed by atoms with van der Waals surface area (Å²) in [5, 5.41) is 0. The van der Waals surface area contributed by atoms with E-state index in [0.717, 1.165) is 18.4 Å². The minimum atomic E-state index is 0.685. The standard InChI is InChI=1S/C20H28O/c1-3-16-6-13-20(21-14-16)19-11-9-18(10-12-19)17-7-4-15(2)5-8-17/h4-5,7-8,13,16,18-19H,3,6,9-12,14H2,1-2H3. The fraction of sp³-hybridized carbons (Fsp3) is 0.600. The van der Waals surface area contributed by atoms with E-state index in [-0.39, 0.29) is 0 Å². The van der Waals surface area contributed by atoms with Crippen LogP contribution in [0.25, 0.3) is 0 Å². The molecule has 1 fully saturated rings. The monoisotopic (exact) mass is 284 g/mol. The maximum Gasteiger partial charge on any atom is 0.0951 e. The second-order valence-corrected chi connectivity index (χ2v) is 6.89. The second kappa shape index (κ2) is 6.68. The predicted molar refractivity (Wildman–Crippen MR) is 88.3 cm³/mol. The van der Waals surface area contributed by atoms with Crippen molar-refractivity contribution in [2.45, 2.75) is 58.3 Å². The van der Waals surface area contributed by atoms with Gasteiger partial charge in [0, 0.05) is 5.92 Å². The summed E-state index contributed by atoms with van der Waals surface area (Å²) in [6, 6.07) is 9.14. The molecule has 1 aromatic carbocycles. The number of hydrogen-bond donors (Lipinski definition) is 0. The van der Waals surface area contributed by atoms with Crippen molar-refractivity contribution in [3.05, 3.63) is 47.2 Å². The molecular weight excluding hydrogens is 256 g/mol. The van der Waals surface area contributed by atoms with Gasteiger partial charge >= 0.3 is 0 Å². The molecular formula is C20H28O. The van der Waals surface area contributed by atoms with Crippen molar-refractivity contribution in [1.29, 1.82) is 0 Å². The highest BCUT2D eigenvalue weighted by Crippen LogP contribution is 2.40. The highest BCUT2D eigenvalue weighted by molar-refractivity contribution is 5.25. The van der Waals surface area contributed by atoms with Crippen molar-refractivity contribution < 1.29 is 4.74 Å². The first-order valence-corrected chi connectivity index (χ1v) is 8.65. The number of rotatable bonds is 3. The predicted octanol–water partition coefficient (Wildman–Crippen LogP) is 5.60. The Balaban J connectivity index is 1.56. The highest BCUT2D eigenvalue weighted by Gasteiger charge is 2.27. The maximum absolute atomic E-state index is 6.04. The first kappa shape index (κ1) is 14.7. The van der Waals surface area contributed by atoms with Gasteiger partial charge in [0.2, 0.25) is 0 Å². The zero-order valence-corrected chi connectivity index (χ0v) is 13.5. The second-order valence-electron chi connectivity index (χ2n) is 6.89. The Morgan fingerprint density at radius 2 is 1.67 bits per heavy atom. The molecule has 1 nitrogen and oxygen atoms in total. The summed E-state index contributed by atoms with van der Waals surface area (Å²) in [7, 11) is 0. The number of ether oxygens (including phenoxy) is 1. The molecule has 1 heterocycles. The van der Waals surface area contributed by atoms with Gasteiger partial charge in [-0.3, -0.25) is 0 Å². The minimum Gasteiger partial charge on any atom is -0.498 e. The molecule has 0 bridgehead atoms. The van der Waals surface area contributed by atoms with Crippen LogP contribution in [0.4, 0.5) is 0 Å². The molecule has 3 rings (SSSR count). The Bertz CT molecular complexity index is 477. The van der Waals surface area contributed by atoms with Crippen LogP contribution < -0.4 is 0 Å². The summed E-state index contributed by atoms with van der Waals surface area (Å²) in [5.41, 5.74) is 2.89. The van der Waals surface area contributed by atoms with Crippen molar-refractivity contribution in [3.8, 4) is 0 Å². The van der Waals surface area contributed by atoms with Crippen LogP contribution in [0.5, 0.6) is 0 Å². The van der Waals surface area contributed by atoms with E-state index in [1.54, 1.807) is 0 Å². The first-order valence-electron chi connectivity index (χ1n) is 8.65. The normalized spacial score (nSPS) is 29.6. The SMILES string of the molecule is CCC1CC=C(C2CCC(c3ccc(C)cc3)CC2)OC1. The number of allylic oxidation sites excluding steroid dienone is 2. The molecule has 1 aliphatic heterocycles. The lowest BCUT2D eigenvalue weighted by molar-refractivity contribution is 0.106. The van der Waals surface area contributed by atoms with Gasteiger partial charge in [0.15, 0.2) is 0 Å². The zero-order valence-electron chi connectivity index (χ0n) is 13.5. The van der Waals surface area contributed by atoms with E-state index >= 15 is 0 Å². The number of hydrogen-bond acceptors (Lipinski definition) is 1. The fourth-order valence-corrected chi connectivity index (χ4v) is 3.74. The van der Waals surface area contributed by atoms with Gasteiger partial charge in [-0.25, -0.2) is 0 Å². The molecule has 1 heteroatoms. The smallest absolute Gasteiger partial charge is 0.0951 e. The van der Waals surface area contributed by atoms with Crippen molar-refractivity contribution in [3.63, 3.8) is 0 Å². The van der Waals surface area contributed by atoms with E-state index in [4.69, 9.17) is 4.74 Å². The van der Waals surface area contributed by atoms with E-state index in [9.17, 15) is 0 Å². The third-order valence-electron chi connectivity index (χ3n) is 5.39. The van der Waals surface area contributed by atoms with Gasteiger partial charge < -0.3 is 4.74 Å². The average molecular weight is 284 g/mol. The molecule has 1 aromatic rings. The summed E-state index contributed by atoms with van der Waals surface area (Å²) >= 11 is 0. The zero-order chi connectivity index (χ0) is 14.7. The highest BCUT2D eigenvalue weighted by atomic mass is 16.5. The Labute approximate surface area is 129 Å². The number of aryl methyl sites for hydroxylation is 1. The molecule has 1 aliphatic carbocycles. The first-order chi connectivity index (χ1) is 10.3. The summed E-state index contributed by atoms with van der Waals surface area (Å²) in [4.78, 5) is 0. The van der Waals surface area contributed by atoms with E-state index in [2.05, 4.69) is 44.2 Å². The van der Waals surface area contributed by atoms with Gasteiger partial charge in [-0.15, -0.1) is 0 Å². The molecule has 0 amide bonds. The molecule has 1 saturated carbocycles. The van der Waals surface area contributed by atoms with Gasteiger partial charge in [-0.2, -0.15) is 0 Å². The lowest BCUT2D eigenvalue weighted by atomic mass is 9.77. The molecule has 0 saturated heterocycles. The van der Waals surface area contributed by atoms with Crippen LogP contribution in [-0.4, -0.2) is 6.61 Å². The van der Waals surface area contributed by atoms with Crippen molar-refractivity contribution in [2.24, 2.45) is 11.8 Å². The van der Waals surface area contributed by atoms with Crippen molar-refractivity contribution in [1.82, 2.24) is 0 Å². The van der Waals surface area contributed by atoms with Crippen LogP contribution in [-0.2, 0) is 4.74 Å².